The Hall–Kier alpha value is -2.18. The van der Waals surface area contributed by atoms with Gasteiger partial charge in [0.2, 0.25) is 0 Å². The van der Waals surface area contributed by atoms with E-state index in [-0.39, 0.29) is 5.75 Å². The summed E-state index contributed by atoms with van der Waals surface area (Å²) in [5, 5.41) is 7.29. The molecule has 21 heavy (non-hydrogen) atoms. The fraction of sp³-hybridized carbons (Fsp3) is 0.357. The number of nitrogens with one attached hydrogen (secondary N) is 1. The van der Waals surface area contributed by atoms with Gasteiger partial charge in [0.05, 0.1) is 11.4 Å². The molecule has 1 N–H and O–H groups in total. The number of para-hydroxylation sites is 2. The highest BCUT2D eigenvalue weighted by Crippen LogP contribution is 2.26. The maximum Gasteiger partial charge on any atom is 0.422 e. The number of nitrogens with zero attached hydrogens (tertiary/aromatic N) is 2. The molecule has 0 spiro atoms. The number of alkyl halides is 3. The van der Waals surface area contributed by atoms with Gasteiger partial charge < -0.3 is 10.1 Å². The van der Waals surface area contributed by atoms with Crippen LogP contribution in [-0.4, -0.2) is 22.6 Å². The van der Waals surface area contributed by atoms with Crippen LogP contribution in [0.4, 0.5) is 18.9 Å². The first-order valence-electron chi connectivity index (χ1n) is 6.37. The van der Waals surface area contributed by atoms with Crippen LogP contribution in [0.2, 0.25) is 0 Å². The summed E-state index contributed by atoms with van der Waals surface area (Å²) in [7, 11) is 1.82. The van der Waals surface area contributed by atoms with Gasteiger partial charge in [-0.15, -0.1) is 0 Å². The summed E-state index contributed by atoms with van der Waals surface area (Å²) >= 11 is 0. The first-order valence-corrected chi connectivity index (χ1v) is 6.37. The van der Waals surface area contributed by atoms with Gasteiger partial charge in [0.15, 0.2) is 6.61 Å². The molecule has 114 valence electrons. The second-order valence-corrected chi connectivity index (χ2v) is 4.67. The first-order chi connectivity index (χ1) is 9.85. The number of rotatable bonds is 5. The third-order valence-electron chi connectivity index (χ3n) is 2.86. The van der Waals surface area contributed by atoms with Crippen LogP contribution >= 0.6 is 0 Å². The molecule has 0 saturated heterocycles. The Labute approximate surface area is 120 Å². The zero-order valence-electron chi connectivity index (χ0n) is 11.7. The van der Waals surface area contributed by atoms with Gasteiger partial charge in [-0.1, -0.05) is 12.1 Å². The molecule has 0 fully saturated rings. The van der Waals surface area contributed by atoms with E-state index < -0.39 is 12.8 Å². The second-order valence-electron chi connectivity index (χ2n) is 4.67. The van der Waals surface area contributed by atoms with Crippen molar-refractivity contribution < 1.29 is 17.9 Å². The average molecular weight is 299 g/mol. The molecule has 0 radical (unpaired) electrons. The van der Waals surface area contributed by atoms with Crippen molar-refractivity contribution in [1.82, 2.24) is 9.78 Å². The van der Waals surface area contributed by atoms with Crippen LogP contribution in [0.15, 0.2) is 30.5 Å². The van der Waals surface area contributed by atoms with Crippen molar-refractivity contribution in [3.8, 4) is 5.75 Å². The number of hydrogen-bond acceptors (Lipinski definition) is 3. The molecule has 0 amide bonds. The van der Waals surface area contributed by atoms with E-state index in [4.69, 9.17) is 4.74 Å². The second kappa shape index (κ2) is 6.07. The van der Waals surface area contributed by atoms with Gasteiger partial charge in [-0.3, -0.25) is 4.68 Å². The fourth-order valence-electron chi connectivity index (χ4n) is 1.91. The Morgan fingerprint density at radius 1 is 1.29 bits per heavy atom. The molecule has 0 aliphatic rings. The lowest BCUT2D eigenvalue weighted by molar-refractivity contribution is -0.153. The molecule has 7 heteroatoms. The molecular weight excluding hydrogens is 283 g/mol. The van der Waals surface area contributed by atoms with Crippen molar-refractivity contribution in [2.24, 2.45) is 7.05 Å². The highest BCUT2D eigenvalue weighted by molar-refractivity contribution is 5.56. The molecule has 1 aromatic carbocycles. The molecule has 2 rings (SSSR count). The Morgan fingerprint density at radius 3 is 2.62 bits per heavy atom. The lowest BCUT2D eigenvalue weighted by Crippen LogP contribution is -2.19. The van der Waals surface area contributed by atoms with Gasteiger partial charge in [-0.25, -0.2) is 0 Å². The van der Waals surface area contributed by atoms with Gasteiger partial charge in [0.1, 0.15) is 5.75 Å². The number of hydrogen-bond donors (Lipinski definition) is 1. The highest BCUT2D eigenvalue weighted by Gasteiger charge is 2.28. The van der Waals surface area contributed by atoms with Crippen LogP contribution in [-0.2, 0) is 13.6 Å². The normalized spacial score (nSPS) is 11.5. The number of anilines is 1. The van der Waals surface area contributed by atoms with Gasteiger partial charge in [0.25, 0.3) is 0 Å². The van der Waals surface area contributed by atoms with Gasteiger partial charge >= 0.3 is 6.18 Å². The van der Waals surface area contributed by atoms with Crippen molar-refractivity contribution in [3.05, 3.63) is 41.7 Å². The highest BCUT2D eigenvalue weighted by atomic mass is 19.4. The van der Waals surface area contributed by atoms with Crippen molar-refractivity contribution in [3.63, 3.8) is 0 Å². The number of aromatic nitrogens is 2. The molecule has 1 aromatic heterocycles. The van der Waals surface area contributed by atoms with Crippen molar-refractivity contribution in [1.29, 1.82) is 0 Å². The summed E-state index contributed by atoms with van der Waals surface area (Å²) in [5.41, 5.74) is 2.37. The van der Waals surface area contributed by atoms with E-state index in [9.17, 15) is 13.2 Å². The van der Waals surface area contributed by atoms with Crippen LogP contribution in [0, 0.1) is 6.92 Å². The third kappa shape index (κ3) is 4.40. The zero-order valence-corrected chi connectivity index (χ0v) is 11.7. The lowest BCUT2D eigenvalue weighted by Gasteiger charge is -2.14. The quantitative estimate of drug-likeness (QED) is 0.921. The van der Waals surface area contributed by atoms with E-state index in [0.29, 0.717) is 12.2 Å². The van der Waals surface area contributed by atoms with E-state index in [1.165, 1.54) is 6.07 Å². The van der Waals surface area contributed by atoms with E-state index in [0.717, 1.165) is 11.3 Å². The Kier molecular flexibility index (Phi) is 4.40. The predicted molar refractivity (Wildman–Crippen MR) is 73.3 cm³/mol. The minimum Gasteiger partial charge on any atom is -0.482 e. The molecule has 4 nitrogen and oxygen atoms in total. The maximum absolute atomic E-state index is 12.2. The molecule has 2 aromatic rings. The largest absolute Gasteiger partial charge is 0.482 e. The smallest absolute Gasteiger partial charge is 0.422 e. The molecule has 0 bridgehead atoms. The van der Waals surface area contributed by atoms with Gasteiger partial charge in [-0.2, -0.15) is 18.3 Å². The fourth-order valence-corrected chi connectivity index (χ4v) is 1.91. The molecule has 0 aliphatic carbocycles. The van der Waals surface area contributed by atoms with Crippen LogP contribution < -0.4 is 10.1 Å². The standard InChI is InChI=1S/C14H16F3N3O/c1-10-11(8-20(2)19-10)7-18-12-5-3-4-6-13(12)21-9-14(15,16)17/h3-6,8,18H,7,9H2,1-2H3. The summed E-state index contributed by atoms with van der Waals surface area (Å²) in [4.78, 5) is 0. The Balaban J connectivity index is 2.04. The predicted octanol–water partition coefficient (Wildman–Crippen LogP) is 3.28. The molecular formula is C14H16F3N3O. The first kappa shape index (κ1) is 15.2. The number of ether oxygens (including phenoxy) is 1. The summed E-state index contributed by atoms with van der Waals surface area (Å²) in [6.45, 7) is 1.03. The Bertz CT molecular complexity index is 608. The average Bonchev–Trinajstić information content (AvgIpc) is 2.72. The summed E-state index contributed by atoms with van der Waals surface area (Å²) in [5.74, 6) is 0.177. The summed E-state index contributed by atoms with van der Waals surface area (Å²) in [6.07, 6.45) is -2.49. The molecule has 1 heterocycles. The molecule has 0 unspecified atom stereocenters. The molecule has 0 aliphatic heterocycles. The summed E-state index contributed by atoms with van der Waals surface area (Å²) in [6, 6.07) is 6.55. The van der Waals surface area contributed by atoms with E-state index in [1.807, 2.05) is 20.2 Å². The van der Waals surface area contributed by atoms with E-state index in [2.05, 4.69) is 10.4 Å². The molecule has 0 atom stereocenters. The van der Waals surface area contributed by atoms with Crippen molar-refractivity contribution >= 4 is 5.69 Å². The summed E-state index contributed by atoms with van der Waals surface area (Å²) < 4.78 is 43.2. The van der Waals surface area contributed by atoms with Crippen LogP contribution in [0.5, 0.6) is 5.75 Å². The SMILES string of the molecule is Cc1nn(C)cc1CNc1ccccc1OCC(F)(F)F. The minimum absolute atomic E-state index is 0.177. The lowest BCUT2D eigenvalue weighted by atomic mass is 10.2. The Morgan fingerprint density at radius 2 is 2.00 bits per heavy atom. The molecule has 0 saturated carbocycles. The monoisotopic (exact) mass is 299 g/mol. The van der Waals surface area contributed by atoms with Crippen molar-refractivity contribution in [2.45, 2.75) is 19.6 Å². The maximum atomic E-state index is 12.2. The van der Waals surface area contributed by atoms with Crippen LogP contribution in [0.3, 0.4) is 0 Å². The van der Waals surface area contributed by atoms with Crippen LogP contribution in [0.1, 0.15) is 11.3 Å². The number of benzene rings is 1. The topological polar surface area (TPSA) is 39.1 Å². The third-order valence-corrected chi connectivity index (χ3v) is 2.86. The van der Waals surface area contributed by atoms with E-state index in [1.54, 1.807) is 22.9 Å². The van der Waals surface area contributed by atoms with E-state index >= 15 is 0 Å². The van der Waals surface area contributed by atoms with Crippen LogP contribution in [0.25, 0.3) is 0 Å². The van der Waals surface area contributed by atoms with Crippen molar-refractivity contribution in [2.75, 3.05) is 11.9 Å². The number of halogens is 3. The van der Waals surface area contributed by atoms with Gasteiger partial charge in [0, 0.05) is 25.4 Å². The minimum atomic E-state index is -4.35. The van der Waals surface area contributed by atoms with Gasteiger partial charge in [-0.05, 0) is 19.1 Å². The number of aryl methyl sites for hydroxylation is 2. The zero-order chi connectivity index (χ0) is 15.5.